The molecular weight excluding hydrogens is 493 g/mol. The molecule has 1 aliphatic rings. The minimum Gasteiger partial charge on any atom is -0.405 e. The summed E-state index contributed by atoms with van der Waals surface area (Å²) in [5.41, 5.74) is 2.20. The number of aromatic amines is 1. The number of H-pyrrole nitrogens is 1. The Labute approximate surface area is 210 Å². The van der Waals surface area contributed by atoms with Gasteiger partial charge in [-0.05, 0) is 37.4 Å². The van der Waals surface area contributed by atoms with Crippen LogP contribution in [0.1, 0.15) is 28.6 Å². The molecule has 1 amide bonds. The number of nitrogens with zero attached hydrogens (tertiary/aromatic N) is 2. The lowest BCUT2D eigenvalue weighted by Gasteiger charge is -2.23. The summed E-state index contributed by atoms with van der Waals surface area (Å²) in [7, 11) is 1.73. The lowest BCUT2D eigenvalue weighted by Crippen LogP contribution is -2.37. The summed E-state index contributed by atoms with van der Waals surface area (Å²) in [5, 5.41) is 3.23. The highest BCUT2D eigenvalue weighted by atomic mass is 32.2. The first-order valence-corrected chi connectivity index (χ1v) is 12.5. The number of hydrogen-bond acceptors (Lipinski definition) is 6. The smallest absolute Gasteiger partial charge is 0.405 e. The van der Waals surface area contributed by atoms with E-state index in [-0.39, 0.29) is 29.6 Å². The van der Waals surface area contributed by atoms with Gasteiger partial charge in [-0.15, -0.1) is 13.2 Å². The molecule has 11 heteroatoms. The second-order valence-corrected chi connectivity index (χ2v) is 9.49. The average Bonchev–Trinajstić information content (AvgIpc) is 3.51. The van der Waals surface area contributed by atoms with E-state index in [1.807, 2.05) is 11.2 Å². The molecule has 2 N–H and O–H groups in total. The third-order valence-electron chi connectivity index (χ3n) is 6.02. The van der Waals surface area contributed by atoms with E-state index in [1.165, 1.54) is 12.1 Å². The molecule has 36 heavy (non-hydrogen) atoms. The molecule has 2 atom stereocenters. The van der Waals surface area contributed by atoms with Crippen LogP contribution in [0.25, 0.3) is 22.4 Å². The van der Waals surface area contributed by atoms with Crippen molar-refractivity contribution in [2.75, 3.05) is 26.4 Å². The van der Waals surface area contributed by atoms with E-state index < -0.39 is 12.1 Å². The highest BCUT2D eigenvalue weighted by molar-refractivity contribution is 7.99. The Balaban J connectivity index is 1.58. The minimum atomic E-state index is -4.89. The summed E-state index contributed by atoms with van der Waals surface area (Å²) >= 11 is 1.72. The summed E-state index contributed by atoms with van der Waals surface area (Å²) in [6.07, 6.45) is 0.153. The van der Waals surface area contributed by atoms with E-state index in [1.54, 1.807) is 49.3 Å². The number of amides is 1. The molecule has 2 unspecified atom stereocenters. The number of alkyl halides is 3. The molecule has 4 rings (SSSR count). The van der Waals surface area contributed by atoms with Crippen molar-refractivity contribution in [3.8, 4) is 28.1 Å². The van der Waals surface area contributed by atoms with Gasteiger partial charge in [0.25, 0.3) is 0 Å². The SMILES string of the molecule is CNCC(=O)N1CC(SC)CC1c1nc(-c2ccc(-c3ccc(C=O)cc3OC(F)(F)F)cc2)c[nH]1. The van der Waals surface area contributed by atoms with Crippen LogP contribution in [0.3, 0.4) is 0 Å². The third kappa shape index (κ3) is 5.73. The fourth-order valence-electron chi connectivity index (χ4n) is 4.29. The lowest BCUT2D eigenvalue weighted by molar-refractivity contribution is -0.274. The van der Waals surface area contributed by atoms with Crippen LogP contribution in [0.2, 0.25) is 0 Å². The van der Waals surface area contributed by atoms with Gasteiger partial charge in [0.15, 0.2) is 0 Å². The molecule has 0 bridgehead atoms. The van der Waals surface area contributed by atoms with E-state index in [0.717, 1.165) is 18.1 Å². The first-order valence-electron chi connectivity index (χ1n) is 11.2. The Kier molecular flexibility index (Phi) is 7.70. The predicted octanol–water partition coefficient (Wildman–Crippen LogP) is 4.68. The summed E-state index contributed by atoms with van der Waals surface area (Å²) in [6.45, 7) is 0.906. The zero-order valence-electron chi connectivity index (χ0n) is 19.6. The molecule has 0 saturated carbocycles. The number of nitrogens with one attached hydrogen (secondary N) is 2. The Hall–Kier alpha value is -3.31. The van der Waals surface area contributed by atoms with Crippen molar-refractivity contribution in [3.05, 3.63) is 60.0 Å². The van der Waals surface area contributed by atoms with E-state index in [9.17, 15) is 22.8 Å². The van der Waals surface area contributed by atoms with Gasteiger partial charge in [-0.25, -0.2) is 4.98 Å². The van der Waals surface area contributed by atoms with Gasteiger partial charge in [0.1, 0.15) is 17.9 Å². The first kappa shape index (κ1) is 25.8. The van der Waals surface area contributed by atoms with Crippen LogP contribution in [-0.2, 0) is 4.79 Å². The number of carbonyl (C=O) groups excluding carboxylic acids is 2. The lowest BCUT2D eigenvalue weighted by atomic mass is 10.0. The molecule has 1 fully saturated rings. The summed E-state index contributed by atoms with van der Waals surface area (Å²) < 4.78 is 42.9. The summed E-state index contributed by atoms with van der Waals surface area (Å²) in [6, 6.07) is 10.6. The van der Waals surface area contributed by atoms with Gasteiger partial charge in [0.2, 0.25) is 5.91 Å². The topological polar surface area (TPSA) is 87.3 Å². The number of hydrogen-bond donors (Lipinski definition) is 2. The minimum absolute atomic E-state index is 0.0128. The van der Waals surface area contributed by atoms with Crippen LogP contribution in [0, 0.1) is 0 Å². The summed E-state index contributed by atoms with van der Waals surface area (Å²) in [4.78, 5) is 33.4. The standard InChI is InChI=1S/C25H25F3N4O3S/c1-29-12-23(34)32-13-18(36-2)10-21(32)24-30-11-20(31-24)17-6-4-16(5-7-17)19-8-3-15(14-33)9-22(19)35-25(26,27)28/h3-9,11,14,18,21,29H,10,12-13H2,1-2H3,(H,30,31). The molecule has 2 aromatic carbocycles. The van der Waals surface area contributed by atoms with Crippen LogP contribution >= 0.6 is 11.8 Å². The van der Waals surface area contributed by atoms with Gasteiger partial charge >= 0.3 is 6.36 Å². The van der Waals surface area contributed by atoms with Crippen LogP contribution in [0.4, 0.5) is 13.2 Å². The van der Waals surface area contributed by atoms with E-state index in [4.69, 9.17) is 4.98 Å². The van der Waals surface area contributed by atoms with E-state index in [2.05, 4.69) is 15.0 Å². The maximum absolute atomic E-state index is 12.9. The van der Waals surface area contributed by atoms with E-state index in [0.29, 0.717) is 35.2 Å². The second kappa shape index (κ2) is 10.8. The molecule has 3 aromatic rings. The van der Waals surface area contributed by atoms with Gasteiger partial charge in [-0.3, -0.25) is 9.59 Å². The number of benzene rings is 2. The number of likely N-dealkylation sites (tertiary alicyclic amines) is 1. The Morgan fingerprint density at radius 1 is 1.25 bits per heavy atom. The van der Waals surface area contributed by atoms with Gasteiger partial charge < -0.3 is 19.9 Å². The molecule has 2 heterocycles. The normalized spacial score (nSPS) is 17.9. The molecule has 0 radical (unpaired) electrons. The van der Waals surface area contributed by atoms with Gasteiger partial charge in [-0.1, -0.05) is 30.3 Å². The highest BCUT2D eigenvalue weighted by Gasteiger charge is 2.37. The number of carbonyl (C=O) groups is 2. The maximum atomic E-state index is 12.9. The van der Waals surface area contributed by atoms with Crippen LogP contribution in [0.5, 0.6) is 5.75 Å². The van der Waals surface area contributed by atoms with E-state index >= 15 is 0 Å². The monoisotopic (exact) mass is 518 g/mol. The van der Waals surface area contributed by atoms with Crippen molar-refractivity contribution in [3.63, 3.8) is 0 Å². The molecule has 1 aliphatic heterocycles. The average molecular weight is 519 g/mol. The molecular formula is C25H25F3N4O3S. The Bertz CT molecular complexity index is 1230. The zero-order valence-corrected chi connectivity index (χ0v) is 20.4. The van der Waals surface area contributed by atoms with Crippen molar-refractivity contribution in [2.24, 2.45) is 0 Å². The molecule has 0 aliphatic carbocycles. The fourth-order valence-corrected chi connectivity index (χ4v) is 4.98. The number of ether oxygens (including phenoxy) is 1. The molecule has 1 aromatic heterocycles. The number of aldehydes is 1. The number of halogens is 3. The van der Waals surface area contributed by atoms with Crippen molar-refractivity contribution < 1.29 is 27.5 Å². The quantitative estimate of drug-likeness (QED) is 0.421. The largest absolute Gasteiger partial charge is 0.573 e. The highest BCUT2D eigenvalue weighted by Crippen LogP contribution is 2.37. The molecule has 7 nitrogen and oxygen atoms in total. The van der Waals surface area contributed by atoms with Crippen LogP contribution in [0.15, 0.2) is 48.7 Å². The molecule has 1 saturated heterocycles. The zero-order chi connectivity index (χ0) is 25.9. The Morgan fingerprint density at radius 2 is 1.97 bits per heavy atom. The predicted molar refractivity (Wildman–Crippen MR) is 132 cm³/mol. The first-order chi connectivity index (χ1) is 17.2. The van der Waals surface area contributed by atoms with Crippen LogP contribution < -0.4 is 10.1 Å². The fraction of sp³-hybridized carbons (Fsp3) is 0.320. The number of aromatic nitrogens is 2. The maximum Gasteiger partial charge on any atom is 0.573 e. The number of likely N-dealkylation sites (N-methyl/N-ethyl adjacent to an activating group) is 1. The summed E-state index contributed by atoms with van der Waals surface area (Å²) in [5.74, 6) is 0.261. The van der Waals surface area contributed by atoms with Gasteiger partial charge in [-0.2, -0.15) is 11.8 Å². The van der Waals surface area contributed by atoms with Crippen molar-refractivity contribution in [1.29, 1.82) is 0 Å². The van der Waals surface area contributed by atoms with Crippen molar-refractivity contribution in [2.45, 2.75) is 24.1 Å². The number of rotatable bonds is 8. The van der Waals surface area contributed by atoms with Crippen molar-refractivity contribution >= 4 is 24.0 Å². The molecule has 190 valence electrons. The number of imidazole rings is 1. The second-order valence-electron chi connectivity index (χ2n) is 8.36. The van der Waals surface area contributed by atoms with Gasteiger partial charge in [0, 0.05) is 34.7 Å². The van der Waals surface area contributed by atoms with Gasteiger partial charge in [0.05, 0.1) is 18.3 Å². The third-order valence-corrected chi connectivity index (χ3v) is 7.02. The number of thioether (sulfide) groups is 1. The Morgan fingerprint density at radius 3 is 2.61 bits per heavy atom. The van der Waals surface area contributed by atoms with Crippen molar-refractivity contribution in [1.82, 2.24) is 20.2 Å². The molecule has 0 spiro atoms. The van der Waals surface area contributed by atoms with Crippen LogP contribution in [-0.4, -0.2) is 65.1 Å².